The molecule has 4 rings (SSSR count). The summed E-state index contributed by atoms with van der Waals surface area (Å²) in [6, 6.07) is 17.4. The van der Waals surface area contributed by atoms with E-state index in [1.54, 1.807) is 11.3 Å². The van der Waals surface area contributed by atoms with Gasteiger partial charge in [-0.3, -0.25) is 9.69 Å². The van der Waals surface area contributed by atoms with Gasteiger partial charge in [-0.05, 0) is 42.6 Å². The number of hydrogen-bond acceptors (Lipinski definition) is 4. The van der Waals surface area contributed by atoms with Crippen molar-refractivity contribution in [1.82, 2.24) is 10.2 Å². The van der Waals surface area contributed by atoms with Crippen molar-refractivity contribution >= 4 is 22.9 Å². The molecule has 0 aliphatic carbocycles. The molecule has 4 nitrogen and oxygen atoms in total. The molecule has 0 saturated carbocycles. The third kappa shape index (κ3) is 4.78. The van der Waals surface area contributed by atoms with Crippen LogP contribution in [0.5, 0.6) is 0 Å². The Balaban J connectivity index is 1.49. The smallest absolute Gasteiger partial charge is 0.257 e. The number of piperazine rings is 1. The number of para-hydroxylation sites is 1. The third-order valence-corrected chi connectivity index (χ3v) is 6.63. The highest BCUT2D eigenvalue weighted by Crippen LogP contribution is 2.30. The Hall–Kier alpha value is -2.77. The van der Waals surface area contributed by atoms with Gasteiger partial charge in [-0.25, -0.2) is 8.78 Å². The number of carbonyl (C=O) groups excluding carboxylic acids is 1. The Morgan fingerprint density at radius 1 is 0.935 bits per heavy atom. The van der Waals surface area contributed by atoms with Gasteiger partial charge in [-0.2, -0.15) is 0 Å². The summed E-state index contributed by atoms with van der Waals surface area (Å²) in [5.74, 6) is -2.43. The van der Waals surface area contributed by atoms with Crippen LogP contribution in [0.1, 0.15) is 28.2 Å². The molecule has 2 aromatic carbocycles. The van der Waals surface area contributed by atoms with Crippen LogP contribution in [-0.2, 0) is 0 Å². The van der Waals surface area contributed by atoms with Gasteiger partial charge >= 0.3 is 0 Å². The molecule has 1 N–H and O–H groups in total. The van der Waals surface area contributed by atoms with Crippen LogP contribution in [-0.4, -0.2) is 43.0 Å². The van der Waals surface area contributed by atoms with Gasteiger partial charge in [0.2, 0.25) is 0 Å². The largest absolute Gasteiger partial charge is 0.369 e. The molecule has 1 aromatic heterocycles. The third-order valence-electron chi connectivity index (χ3n) is 5.69. The summed E-state index contributed by atoms with van der Waals surface area (Å²) in [6.07, 6.45) is 0. The lowest BCUT2D eigenvalue weighted by atomic mass is 10.0. The minimum Gasteiger partial charge on any atom is -0.369 e. The number of rotatable bonds is 6. The van der Waals surface area contributed by atoms with Crippen LogP contribution >= 0.6 is 11.3 Å². The normalized spacial score (nSPS) is 16.7. The summed E-state index contributed by atoms with van der Waals surface area (Å²) in [7, 11) is 0. The molecular weight excluding hydrogens is 416 g/mol. The summed E-state index contributed by atoms with van der Waals surface area (Å²) in [5, 5.41) is 4.85. The SMILES string of the molecule is C[C@H](NC(=O)c1c(F)cccc1F)[C@H](c1cccs1)N1CCN(c2ccccc2)CC1. The van der Waals surface area contributed by atoms with E-state index in [9.17, 15) is 13.6 Å². The number of hydrogen-bond donors (Lipinski definition) is 1. The summed E-state index contributed by atoms with van der Waals surface area (Å²) in [4.78, 5) is 18.5. The topological polar surface area (TPSA) is 35.6 Å². The lowest BCUT2D eigenvalue weighted by molar-refractivity contribution is 0.0882. The maximum Gasteiger partial charge on any atom is 0.257 e. The second-order valence-corrected chi connectivity index (χ2v) is 8.66. The van der Waals surface area contributed by atoms with Crippen molar-refractivity contribution in [1.29, 1.82) is 0 Å². The molecule has 162 valence electrons. The van der Waals surface area contributed by atoms with Crippen LogP contribution in [0.25, 0.3) is 0 Å². The zero-order valence-corrected chi connectivity index (χ0v) is 18.1. The maximum absolute atomic E-state index is 14.1. The number of carbonyl (C=O) groups is 1. The molecule has 0 spiro atoms. The molecule has 7 heteroatoms. The highest BCUT2D eigenvalue weighted by Gasteiger charge is 2.32. The van der Waals surface area contributed by atoms with E-state index in [1.807, 2.05) is 42.6 Å². The predicted molar refractivity (Wildman–Crippen MR) is 121 cm³/mol. The molecule has 1 saturated heterocycles. The fraction of sp³-hybridized carbons (Fsp3) is 0.292. The zero-order valence-electron chi connectivity index (χ0n) is 17.3. The Kier molecular flexibility index (Phi) is 6.63. The number of benzene rings is 2. The van der Waals surface area contributed by atoms with Crippen LogP contribution in [0, 0.1) is 11.6 Å². The number of thiophene rings is 1. The minimum absolute atomic E-state index is 0.0725. The molecule has 1 aliphatic rings. The molecule has 1 amide bonds. The molecule has 2 heterocycles. The van der Waals surface area contributed by atoms with Crippen LogP contribution in [0.15, 0.2) is 66.0 Å². The van der Waals surface area contributed by atoms with Crippen molar-refractivity contribution < 1.29 is 13.6 Å². The first-order chi connectivity index (χ1) is 15.0. The maximum atomic E-state index is 14.1. The van der Waals surface area contributed by atoms with Gasteiger partial charge in [0.25, 0.3) is 5.91 Å². The van der Waals surface area contributed by atoms with Gasteiger partial charge in [0.15, 0.2) is 0 Å². The van der Waals surface area contributed by atoms with Gasteiger partial charge in [0, 0.05) is 42.8 Å². The van der Waals surface area contributed by atoms with Crippen LogP contribution < -0.4 is 10.2 Å². The number of halogens is 2. The first kappa shape index (κ1) is 21.5. The summed E-state index contributed by atoms with van der Waals surface area (Å²) in [5.41, 5.74) is 0.666. The van der Waals surface area contributed by atoms with E-state index < -0.39 is 23.1 Å². The molecule has 0 bridgehead atoms. The van der Waals surface area contributed by atoms with E-state index >= 15 is 0 Å². The van der Waals surface area contributed by atoms with E-state index in [2.05, 4.69) is 27.2 Å². The molecular formula is C24H25F2N3OS. The molecule has 0 radical (unpaired) electrons. The number of anilines is 1. The van der Waals surface area contributed by atoms with E-state index in [4.69, 9.17) is 0 Å². The quantitative estimate of drug-likeness (QED) is 0.602. The highest BCUT2D eigenvalue weighted by atomic mass is 32.1. The minimum atomic E-state index is -0.853. The second-order valence-electron chi connectivity index (χ2n) is 7.68. The van der Waals surface area contributed by atoms with Crippen molar-refractivity contribution in [3.05, 3.63) is 88.1 Å². The summed E-state index contributed by atoms with van der Waals surface area (Å²) in [6.45, 7) is 5.28. The Morgan fingerprint density at radius 3 is 2.23 bits per heavy atom. The first-order valence-electron chi connectivity index (χ1n) is 10.4. The summed E-state index contributed by atoms with van der Waals surface area (Å²) >= 11 is 1.62. The fourth-order valence-electron chi connectivity index (χ4n) is 4.17. The summed E-state index contributed by atoms with van der Waals surface area (Å²) < 4.78 is 28.1. The molecule has 1 aliphatic heterocycles. The van der Waals surface area contributed by atoms with Crippen LogP contribution in [0.3, 0.4) is 0 Å². The van der Waals surface area contributed by atoms with Gasteiger partial charge in [0.05, 0.1) is 6.04 Å². The van der Waals surface area contributed by atoms with Crippen molar-refractivity contribution in [3.63, 3.8) is 0 Å². The number of nitrogens with zero attached hydrogens (tertiary/aromatic N) is 2. The first-order valence-corrected chi connectivity index (χ1v) is 11.2. The molecule has 2 atom stereocenters. The average Bonchev–Trinajstić information content (AvgIpc) is 3.29. The molecule has 1 fully saturated rings. The van der Waals surface area contributed by atoms with Gasteiger partial charge in [-0.15, -0.1) is 11.3 Å². The van der Waals surface area contributed by atoms with Gasteiger partial charge in [-0.1, -0.05) is 30.3 Å². The lowest BCUT2D eigenvalue weighted by Gasteiger charge is -2.42. The molecule has 0 unspecified atom stereocenters. The Labute approximate surface area is 185 Å². The standard InChI is InChI=1S/C24H25F2N3OS/c1-17(27-24(30)22-19(25)9-5-10-20(22)26)23(21-11-6-16-31-21)29-14-12-28(13-15-29)18-7-3-2-4-8-18/h2-11,16-17,23H,12-15H2,1H3,(H,27,30)/t17-,23+/m0/s1. The predicted octanol–water partition coefficient (Wildman–Crippen LogP) is 4.71. The van der Waals surface area contributed by atoms with E-state index in [0.29, 0.717) is 0 Å². The zero-order chi connectivity index (χ0) is 21.8. The highest BCUT2D eigenvalue weighted by molar-refractivity contribution is 7.10. The molecule has 3 aromatic rings. The van der Waals surface area contributed by atoms with Crippen molar-refractivity contribution in [3.8, 4) is 0 Å². The van der Waals surface area contributed by atoms with Crippen LogP contribution in [0.2, 0.25) is 0 Å². The molecule has 31 heavy (non-hydrogen) atoms. The average molecular weight is 442 g/mol. The van der Waals surface area contributed by atoms with E-state index in [-0.39, 0.29) is 12.1 Å². The number of nitrogens with one attached hydrogen (secondary N) is 1. The lowest BCUT2D eigenvalue weighted by Crippen LogP contribution is -2.52. The van der Waals surface area contributed by atoms with Crippen molar-refractivity contribution in [2.24, 2.45) is 0 Å². The fourth-order valence-corrected chi connectivity index (χ4v) is 5.14. The van der Waals surface area contributed by atoms with Crippen molar-refractivity contribution in [2.75, 3.05) is 31.1 Å². The van der Waals surface area contributed by atoms with Crippen molar-refractivity contribution in [2.45, 2.75) is 19.0 Å². The Morgan fingerprint density at radius 2 is 1.61 bits per heavy atom. The van der Waals surface area contributed by atoms with Gasteiger partial charge < -0.3 is 10.2 Å². The van der Waals surface area contributed by atoms with E-state index in [0.717, 1.165) is 43.2 Å². The second kappa shape index (κ2) is 9.58. The Bertz CT molecular complexity index is 985. The van der Waals surface area contributed by atoms with Crippen LogP contribution in [0.4, 0.5) is 14.5 Å². The van der Waals surface area contributed by atoms with E-state index in [1.165, 1.54) is 11.8 Å². The monoisotopic (exact) mass is 441 g/mol. The van der Waals surface area contributed by atoms with Gasteiger partial charge in [0.1, 0.15) is 17.2 Å². The number of amides is 1.